The van der Waals surface area contributed by atoms with Gasteiger partial charge in [0.15, 0.2) is 0 Å². The summed E-state index contributed by atoms with van der Waals surface area (Å²) in [4.78, 5) is 10.9. The molecule has 1 aliphatic rings. The van der Waals surface area contributed by atoms with Crippen molar-refractivity contribution in [2.45, 2.75) is 18.7 Å². The van der Waals surface area contributed by atoms with Crippen LogP contribution in [-0.4, -0.2) is 64.4 Å². The first-order valence-electron chi connectivity index (χ1n) is 9.52. The predicted molar refractivity (Wildman–Crippen MR) is 108 cm³/mol. The second-order valence-corrected chi connectivity index (χ2v) is 8.07. The smallest absolute Gasteiger partial charge is 0.244 e. The Labute approximate surface area is 171 Å². The highest BCUT2D eigenvalue weighted by Gasteiger charge is 2.19. The van der Waals surface area contributed by atoms with Crippen molar-refractivity contribution in [1.29, 1.82) is 0 Å². The third-order valence-electron chi connectivity index (χ3n) is 4.22. The molecule has 158 valence electrons. The van der Waals surface area contributed by atoms with Crippen molar-refractivity contribution in [3.05, 3.63) is 36.2 Å². The molecule has 0 unspecified atom stereocenters. The molecule has 3 rings (SSSR count). The molecule has 9 nitrogen and oxygen atoms in total. The Bertz CT molecular complexity index is 917. The minimum atomic E-state index is -3.71. The summed E-state index contributed by atoms with van der Waals surface area (Å²) in [5.74, 6) is 2.11. The van der Waals surface area contributed by atoms with Gasteiger partial charge in [-0.2, -0.15) is 4.98 Å². The number of hydrogen-bond acceptors (Lipinski definition) is 8. The zero-order valence-electron chi connectivity index (χ0n) is 16.6. The van der Waals surface area contributed by atoms with Gasteiger partial charge in [0, 0.05) is 25.7 Å². The first kappa shape index (κ1) is 21.3. The molecule has 0 atom stereocenters. The number of para-hydroxylation sites is 1. The van der Waals surface area contributed by atoms with Crippen molar-refractivity contribution in [1.82, 2.24) is 14.7 Å². The summed E-state index contributed by atoms with van der Waals surface area (Å²) in [6.07, 6.45) is 0. The van der Waals surface area contributed by atoms with Crippen LogP contribution in [0.2, 0.25) is 0 Å². The number of benzene rings is 1. The van der Waals surface area contributed by atoms with Crippen molar-refractivity contribution in [3.63, 3.8) is 0 Å². The number of aromatic nitrogens is 2. The molecule has 1 saturated heterocycles. The largest absolute Gasteiger partial charge is 0.492 e. The van der Waals surface area contributed by atoms with Gasteiger partial charge in [0.2, 0.25) is 15.9 Å². The molecule has 0 spiro atoms. The van der Waals surface area contributed by atoms with Crippen molar-refractivity contribution in [2.24, 2.45) is 0 Å². The maximum absolute atomic E-state index is 12.6. The zero-order chi connectivity index (χ0) is 20.7. The minimum absolute atomic E-state index is 0.0960. The predicted octanol–water partition coefficient (Wildman–Crippen LogP) is 1.38. The third kappa shape index (κ3) is 5.78. The number of hydrogen-bond donors (Lipinski definition) is 1. The van der Waals surface area contributed by atoms with E-state index in [2.05, 4.69) is 19.6 Å². The Morgan fingerprint density at radius 1 is 1.17 bits per heavy atom. The average molecular weight is 423 g/mol. The Kier molecular flexibility index (Phi) is 7.24. The number of sulfonamides is 1. The lowest BCUT2D eigenvalue weighted by Gasteiger charge is -2.28. The Morgan fingerprint density at radius 3 is 2.69 bits per heavy atom. The van der Waals surface area contributed by atoms with Gasteiger partial charge in [0.1, 0.15) is 28.9 Å². The number of morpholine rings is 1. The summed E-state index contributed by atoms with van der Waals surface area (Å²) in [7, 11) is -3.71. The van der Waals surface area contributed by atoms with Crippen LogP contribution < -0.4 is 19.1 Å². The number of anilines is 1. The van der Waals surface area contributed by atoms with Crippen LogP contribution in [0.5, 0.6) is 11.6 Å². The molecule has 2 aromatic rings. The monoisotopic (exact) mass is 422 g/mol. The topological polar surface area (TPSA) is 103 Å². The highest BCUT2D eigenvalue weighted by atomic mass is 32.2. The van der Waals surface area contributed by atoms with Crippen LogP contribution in [0.1, 0.15) is 12.7 Å². The van der Waals surface area contributed by atoms with Crippen LogP contribution in [0.3, 0.4) is 0 Å². The second kappa shape index (κ2) is 9.86. The fourth-order valence-electron chi connectivity index (χ4n) is 2.91. The van der Waals surface area contributed by atoms with E-state index in [-0.39, 0.29) is 18.0 Å². The van der Waals surface area contributed by atoms with E-state index in [4.69, 9.17) is 14.2 Å². The molecule has 0 saturated carbocycles. The van der Waals surface area contributed by atoms with Gasteiger partial charge in [-0.15, -0.1) is 0 Å². The lowest BCUT2D eigenvalue weighted by molar-refractivity contribution is 0.122. The van der Waals surface area contributed by atoms with Crippen LogP contribution in [0.15, 0.2) is 35.2 Å². The quantitative estimate of drug-likeness (QED) is 0.605. The summed E-state index contributed by atoms with van der Waals surface area (Å²) in [5.41, 5.74) is 0. The molecule has 10 heteroatoms. The van der Waals surface area contributed by atoms with Crippen LogP contribution in [-0.2, 0) is 14.8 Å². The van der Waals surface area contributed by atoms with Gasteiger partial charge in [0.05, 0.1) is 19.8 Å². The average Bonchev–Trinajstić information content (AvgIpc) is 2.72. The van der Waals surface area contributed by atoms with E-state index in [0.717, 1.165) is 18.9 Å². The molecular formula is C19H26N4O5S. The van der Waals surface area contributed by atoms with Gasteiger partial charge in [-0.25, -0.2) is 18.1 Å². The van der Waals surface area contributed by atoms with E-state index in [0.29, 0.717) is 37.3 Å². The number of aryl methyl sites for hydroxylation is 1. The van der Waals surface area contributed by atoms with E-state index < -0.39 is 10.0 Å². The van der Waals surface area contributed by atoms with E-state index in [9.17, 15) is 8.42 Å². The lowest BCUT2D eigenvalue weighted by atomic mass is 10.3. The normalized spacial score (nSPS) is 14.6. The molecule has 0 radical (unpaired) electrons. The molecule has 1 aromatic carbocycles. The van der Waals surface area contributed by atoms with Crippen molar-refractivity contribution >= 4 is 15.8 Å². The van der Waals surface area contributed by atoms with Crippen LogP contribution in [0, 0.1) is 6.92 Å². The molecule has 1 N–H and O–H groups in total. The van der Waals surface area contributed by atoms with E-state index >= 15 is 0 Å². The second-order valence-electron chi connectivity index (χ2n) is 6.34. The molecule has 0 aliphatic carbocycles. The van der Waals surface area contributed by atoms with Gasteiger partial charge in [-0.3, -0.25) is 0 Å². The van der Waals surface area contributed by atoms with Crippen LogP contribution in [0.4, 0.5) is 5.82 Å². The summed E-state index contributed by atoms with van der Waals surface area (Å²) >= 11 is 0. The molecule has 1 fully saturated rings. The van der Waals surface area contributed by atoms with Crippen molar-refractivity contribution in [2.75, 3.05) is 51.0 Å². The first-order chi connectivity index (χ1) is 14.0. The standard InChI is InChI=1S/C19H26N4O5S/c1-3-27-16-6-4-5-7-17(16)29(24,25)20-8-11-28-19-14-18(21-15(2)22-19)23-9-12-26-13-10-23/h4-7,14,20H,3,8-13H2,1-2H3. The van der Waals surface area contributed by atoms with Gasteiger partial charge in [-0.1, -0.05) is 12.1 Å². The molecule has 29 heavy (non-hydrogen) atoms. The van der Waals surface area contributed by atoms with Crippen LogP contribution in [0.25, 0.3) is 0 Å². The maximum Gasteiger partial charge on any atom is 0.244 e. The fraction of sp³-hybridized carbons (Fsp3) is 0.474. The number of nitrogens with zero attached hydrogens (tertiary/aromatic N) is 3. The Morgan fingerprint density at radius 2 is 1.93 bits per heavy atom. The van der Waals surface area contributed by atoms with E-state index in [1.807, 2.05) is 0 Å². The third-order valence-corrected chi connectivity index (χ3v) is 5.72. The van der Waals surface area contributed by atoms with Gasteiger partial charge in [0.25, 0.3) is 0 Å². The molecule has 1 aliphatic heterocycles. The number of nitrogens with one attached hydrogen (secondary N) is 1. The Hall–Kier alpha value is -2.43. The van der Waals surface area contributed by atoms with Crippen LogP contribution >= 0.6 is 0 Å². The molecule has 0 bridgehead atoms. The van der Waals surface area contributed by atoms with E-state index in [1.54, 1.807) is 38.1 Å². The highest BCUT2D eigenvalue weighted by Crippen LogP contribution is 2.23. The molecule has 1 aromatic heterocycles. The Balaban J connectivity index is 1.58. The highest BCUT2D eigenvalue weighted by molar-refractivity contribution is 7.89. The van der Waals surface area contributed by atoms with Gasteiger partial charge in [-0.05, 0) is 26.0 Å². The summed E-state index contributed by atoms with van der Waals surface area (Å²) in [6.45, 7) is 7.05. The van der Waals surface area contributed by atoms with Gasteiger partial charge >= 0.3 is 0 Å². The number of ether oxygens (including phenoxy) is 3. The zero-order valence-corrected chi connectivity index (χ0v) is 17.4. The molecule has 2 heterocycles. The summed E-state index contributed by atoms with van der Waals surface area (Å²) < 4.78 is 44.1. The molecular weight excluding hydrogens is 396 g/mol. The minimum Gasteiger partial charge on any atom is -0.492 e. The fourth-order valence-corrected chi connectivity index (χ4v) is 4.07. The lowest BCUT2D eigenvalue weighted by Crippen LogP contribution is -2.37. The number of rotatable bonds is 9. The summed E-state index contributed by atoms with van der Waals surface area (Å²) in [5, 5.41) is 0. The SMILES string of the molecule is CCOc1ccccc1S(=O)(=O)NCCOc1cc(N2CCOCC2)nc(C)n1. The van der Waals surface area contributed by atoms with Crippen molar-refractivity contribution in [3.8, 4) is 11.6 Å². The summed E-state index contributed by atoms with van der Waals surface area (Å²) in [6, 6.07) is 8.29. The van der Waals surface area contributed by atoms with Gasteiger partial charge < -0.3 is 19.1 Å². The maximum atomic E-state index is 12.6. The van der Waals surface area contributed by atoms with E-state index in [1.165, 1.54) is 6.07 Å². The molecule has 0 amide bonds. The van der Waals surface area contributed by atoms with Crippen molar-refractivity contribution < 1.29 is 22.6 Å². The first-order valence-corrected chi connectivity index (χ1v) is 11.0.